The predicted molar refractivity (Wildman–Crippen MR) is 221 cm³/mol. The van der Waals surface area contributed by atoms with E-state index < -0.39 is 60.1 Å². The molecule has 11 rings (SSSR count). The maximum absolute atomic E-state index is 16.2. The van der Waals surface area contributed by atoms with Gasteiger partial charge in [0.2, 0.25) is 11.8 Å². The highest BCUT2D eigenvalue weighted by molar-refractivity contribution is 6.08. The first-order valence-corrected chi connectivity index (χ1v) is 21.5. The van der Waals surface area contributed by atoms with Crippen molar-refractivity contribution in [2.24, 2.45) is 13.0 Å². The van der Waals surface area contributed by atoms with Crippen molar-refractivity contribution in [3.8, 4) is 0 Å². The first-order valence-electron chi connectivity index (χ1n) is 21.5. The number of anilines is 3. The maximum atomic E-state index is 16.2. The smallest absolute Gasteiger partial charge is 0.329 e. The number of halogens is 4. The zero-order valence-corrected chi connectivity index (χ0v) is 34.8. The van der Waals surface area contributed by atoms with E-state index in [2.05, 4.69) is 25.7 Å². The molecule has 1 aromatic carbocycles. The molecular weight excluding hydrogens is 829 g/mol. The molecular formula is C42H48F4N12O5. The summed E-state index contributed by atoms with van der Waals surface area (Å²) < 4.78 is 72.4. The Kier molecular flexibility index (Phi) is 10.3. The summed E-state index contributed by atoms with van der Waals surface area (Å²) in [6.45, 7) is 1.55. The molecule has 0 radical (unpaired) electrons. The minimum atomic E-state index is -3.11. The Morgan fingerprint density at radius 3 is 2.52 bits per heavy atom. The van der Waals surface area contributed by atoms with Gasteiger partial charge in [0.15, 0.2) is 11.3 Å². The number of aromatic nitrogens is 7. The summed E-state index contributed by atoms with van der Waals surface area (Å²) >= 11 is 0. The number of carbonyl (C=O) groups excluding carboxylic acids is 3. The first kappa shape index (κ1) is 41.2. The molecule has 5 aliphatic heterocycles. The van der Waals surface area contributed by atoms with Crippen LogP contribution in [0.15, 0.2) is 47.7 Å². The maximum Gasteiger partial charge on any atom is 0.329 e. The lowest BCUT2D eigenvalue weighted by Gasteiger charge is -2.47. The van der Waals surface area contributed by atoms with Crippen LogP contribution in [0, 0.1) is 5.92 Å². The highest BCUT2D eigenvalue weighted by Crippen LogP contribution is 2.40. The van der Waals surface area contributed by atoms with Crippen molar-refractivity contribution in [1.82, 2.24) is 43.7 Å². The Hall–Kier alpha value is -5.83. The zero-order chi connectivity index (χ0) is 43.9. The van der Waals surface area contributed by atoms with Crippen LogP contribution < -0.4 is 26.1 Å². The summed E-state index contributed by atoms with van der Waals surface area (Å²) in [6.07, 6.45) is 5.85. The van der Waals surface area contributed by atoms with Crippen molar-refractivity contribution in [3.05, 3.63) is 64.6 Å². The van der Waals surface area contributed by atoms with Crippen molar-refractivity contribution in [2.45, 2.75) is 94.0 Å². The van der Waals surface area contributed by atoms with Gasteiger partial charge in [0.25, 0.3) is 18.3 Å². The minimum absolute atomic E-state index is 0.0878. The molecule has 4 atom stereocenters. The molecule has 21 heteroatoms. The van der Waals surface area contributed by atoms with Crippen molar-refractivity contribution in [3.63, 3.8) is 0 Å². The van der Waals surface area contributed by atoms with Crippen LogP contribution in [0.2, 0.25) is 0 Å². The van der Waals surface area contributed by atoms with Crippen LogP contribution in [0.5, 0.6) is 0 Å². The summed E-state index contributed by atoms with van der Waals surface area (Å²) in [7, 11) is 3.27. The number of aryl methyl sites for hydroxylation is 1. The van der Waals surface area contributed by atoms with E-state index in [-0.39, 0.29) is 54.7 Å². The second-order valence-electron chi connectivity index (χ2n) is 17.7. The number of ether oxygens (including phenoxy) is 1. The van der Waals surface area contributed by atoms with E-state index in [1.165, 1.54) is 30.7 Å². The largest absolute Gasteiger partial charge is 0.371 e. The quantitative estimate of drug-likeness (QED) is 0.152. The predicted octanol–water partition coefficient (Wildman–Crippen LogP) is 4.30. The molecule has 334 valence electrons. The second kappa shape index (κ2) is 15.8. The number of rotatable bonds is 10. The lowest BCUT2D eigenvalue weighted by atomic mass is 9.85. The number of imidazole rings is 1. The molecule has 2 bridgehead atoms. The summed E-state index contributed by atoms with van der Waals surface area (Å²) in [4.78, 5) is 61.6. The Labute approximate surface area is 357 Å². The Morgan fingerprint density at radius 1 is 1.05 bits per heavy atom. The molecule has 0 spiro atoms. The number of fused-ring (bicyclic) bond motifs is 4. The average molecular weight is 877 g/mol. The van der Waals surface area contributed by atoms with Crippen molar-refractivity contribution in [2.75, 3.05) is 54.9 Å². The highest BCUT2D eigenvalue weighted by atomic mass is 19.3. The number of para-hydroxylation sites is 1. The second-order valence-corrected chi connectivity index (χ2v) is 17.7. The van der Waals surface area contributed by atoms with Crippen LogP contribution >= 0.6 is 0 Å². The number of alkyl halides is 4. The van der Waals surface area contributed by atoms with Gasteiger partial charge in [-0.05, 0) is 69.7 Å². The number of imide groups is 1. The van der Waals surface area contributed by atoms with Crippen molar-refractivity contribution < 1.29 is 36.7 Å². The molecule has 1 saturated carbocycles. The molecule has 9 heterocycles. The zero-order valence-electron chi connectivity index (χ0n) is 34.8. The summed E-state index contributed by atoms with van der Waals surface area (Å²) in [5, 5.41) is 13.4. The number of nitrogens with one attached hydrogen (secondary N) is 2. The molecule has 3 amide bonds. The SMILES string of the molecule is CN(CC1CCC(n2cc(NC(=O)c3cnn4ccc(N5CC6CC(C5)O6)nc34)c(C(F)F)n2)CC1)C1CCN(c2cccc3c2n(C)c(=O)n3C2CCC(=O)NC2=O)CC1(F)F. The number of benzene rings is 1. The van der Waals surface area contributed by atoms with E-state index in [1.54, 1.807) is 48.3 Å². The van der Waals surface area contributed by atoms with Gasteiger partial charge < -0.3 is 19.9 Å². The van der Waals surface area contributed by atoms with Gasteiger partial charge in [-0.3, -0.25) is 38.4 Å². The Balaban J connectivity index is 0.770. The van der Waals surface area contributed by atoms with Crippen LogP contribution in [0.25, 0.3) is 16.7 Å². The molecule has 4 aromatic heterocycles. The van der Waals surface area contributed by atoms with Gasteiger partial charge in [0.05, 0.1) is 59.4 Å². The molecule has 17 nitrogen and oxygen atoms in total. The number of nitrogens with zero attached hydrogens (tertiary/aromatic N) is 10. The highest BCUT2D eigenvalue weighted by Gasteiger charge is 2.48. The fourth-order valence-corrected chi connectivity index (χ4v) is 10.5. The van der Waals surface area contributed by atoms with E-state index in [4.69, 9.17) is 9.72 Å². The van der Waals surface area contributed by atoms with Gasteiger partial charge in [-0.25, -0.2) is 31.9 Å². The summed E-state index contributed by atoms with van der Waals surface area (Å²) in [6, 6.07) is 4.75. The monoisotopic (exact) mass is 876 g/mol. The van der Waals surface area contributed by atoms with Crippen LogP contribution in [0.1, 0.15) is 85.9 Å². The molecule has 5 aromatic rings. The summed E-state index contributed by atoms with van der Waals surface area (Å²) in [5.41, 5.74) is 0.671. The number of amides is 3. The van der Waals surface area contributed by atoms with Crippen molar-refractivity contribution >= 4 is 51.6 Å². The number of piperidine rings is 3. The van der Waals surface area contributed by atoms with Gasteiger partial charge in [0, 0.05) is 58.5 Å². The number of carbonyl (C=O) groups is 3. The third-order valence-electron chi connectivity index (χ3n) is 13.7. The van der Waals surface area contributed by atoms with Crippen LogP contribution in [0.3, 0.4) is 0 Å². The Morgan fingerprint density at radius 2 is 1.81 bits per heavy atom. The Bertz CT molecular complexity index is 2650. The van der Waals surface area contributed by atoms with Gasteiger partial charge in [-0.2, -0.15) is 10.2 Å². The molecule has 1 aliphatic carbocycles. The van der Waals surface area contributed by atoms with Crippen molar-refractivity contribution in [1.29, 1.82) is 0 Å². The van der Waals surface area contributed by atoms with Crippen LogP contribution in [-0.4, -0.2) is 120 Å². The lowest BCUT2D eigenvalue weighted by Crippen LogP contribution is -2.58. The minimum Gasteiger partial charge on any atom is -0.371 e. The van der Waals surface area contributed by atoms with Gasteiger partial charge >= 0.3 is 5.69 Å². The number of hydrogen-bond donors (Lipinski definition) is 2. The van der Waals surface area contributed by atoms with E-state index >= 15 is 8.78 Å². The topological polar surface area (TPSA) is 169 Å². The molecule has 2 N–H and O–H groups in total. The normalized spacial score (nSPS) is 26.2. The lowest BCUT2D eigenvalue weighted by molar-refractivity contribution is -0.135. The van der Waals surface area contributed by atoms with E-state index in [9.17, 15) is 28.0 Å². The molecule has 4 unspecified atom stereocenters. The van der Waals surface area contributed by atoms with E-state index in [0.29, 0.717) is 80.0 Å². The van der Waals surface area contributed by atoms with Crippen LogP contribution in [-0.2, 0) is 21.4 Å². The number of hydrogen-bond acceptors (Lipinski definition) is 11. The molecule has 6 aliphatic rings. The molecule has 6 fully saturated rings. The fraction of sp³-hybridized carbons (Fsp3) is 0.548. The fourth-order valence-electron chi connectivity index (χ4n) is 10.5. The van der Waals surface area contributed by atoms with Gasteiger partial charge in [-0.1, -0.05) is 6.07 Å². The molecule has 5 saturated heterocycles. The van der Waals surface area contributed by atoms with E-state index in [0.717, 1.165) is 6.42 Å². The van der Waals surface area contributed by atoms with Gasteiger partial charge in [-0.15, -0.1) is 0 Å². The number of morpholine rings is 1. The van der Waals surface area contributed by atoms with E-state index in [1.807, 2.05) is 6.07 Å². The van der Waals surface area contributed by atoms with Gasteiger partial charge in [0.1, 0.15) is 17.4 Å². The standard InChI is InChI=1S/C42H48F4N12O5/c1-52(32-12-14-54(22-42(32,45)46)29-4-3-5-30-36(29)53(2)41(62)58(30)31-10-11-34(59)50-40(31)61)18-23-6-8-24(9-7-23)57-21-28(35(51-57)37(43)44)48-39(60)27-17-47-56-15-13-33(49-38(27)56)55-19-25-16-26(20-55)63-25/h3-5,13,15,17,21,23-26,31-32,37H,6-12,14,16,18-20,22H2,1-2H3,(H,48,60)(H,50,59,61). The third kappa shape index (κ3) is 7.41. The summed E-state index contributed by atoms with van der Waals surface area (Å²) in [5.74, 6) is -3.94. The first-order chi connectivity index (χ1) is 30.2. The average Bonchev–Trinajstić information content (AvgIpc) is 3.94. The molecule has 63 heavy (non-hydrogen) atoms. The van der Waals surface area contributed by atoms with Crippen LogP contribution in [0.4, 0.5) is 34.8 Å². The third-order valence-corrected chi connectivity index (χ3v) is 13.7.